The molecule has 21 heavy (non-hydrogen) atoms. The van der Waals surface area contributed by atoms with E-state index in [0.717, 1.165) is 23.6 Å². The third kappa shape index (κ3) is 3.78. The smallest absolute Gasteiger partial charge is 0.303 e. The van der Waals surface area contributed by atoms with Crippen molar-refractivity contribution in [3.63, 3.8) is 0 Å². The SMILES string of the molecule is COc1ccc(OC)c(N2CC(N)CC(CC(=O)O)C2)c1. The Kier molecular flexibility index (Phi) is 4.90. The van der Waals surface area contributed by atoms with Crippen LogP contribution >= 0.6 is 0 Å². The number of nitrogens with zero attached hydrogens (tertiary/aromatic N) is 1. The van der Waals surface area contributed by atoms with Crippen LogP contribution in [0.3, 0.4) is 0 Å². The zero-order chi connectivity index (χ0) is 15.4. The lowest BCUT2D eigenvalue weighted by atomic mass is 9.91. The summed E-state index contributed by atoms with van der Waals surface area (Å²) in [6, 6.07) is 5.54. The molecule has 1 aliphatic heterocycles. The van der Waals surface area contributed by atoms with Gasteiger partial charge in [-0.05, 0) is 24.5 Å². The Morgan fingerprint density at radius 1 is 1.38 bits per heavy atom. The summed E-state index contributed by atoms with van der Waals surface area (Å²) >= 11 is 0. The molecule has 0 amide bonds. The summed E-state index contributed by atoms with van der Waals surface area (Å²) in [5.74, 6) is 0.729. The minimum Gasteiger partial charge on any atom is -0.497 e. The van der Waals surface area contributed by atoms with E-state index in [1.807, 2.05) is 18.2 Å². The number of benzene rings is 1. The quantitative estimate of drug-likeness (QED) is 0.852. The van der Waals surface area contributed by atoms with Gasteiger partial charge in [0, 0.05) is 31.6 Å². The van der Waals surface area contributed by atoms with E-state index in [0.29, 0.717) is 13.1 Å². The molecule has 0 bridgehead atoms. The molecule has 1 aliphatic rings. The van der Waals surface area contributed by atoms with Crippen molar-refractivity contribution in [2.45, 2.75) is 18.9 Å². The first-order valence-corrected chi connectivity index (χ1v) is 6.97. The van der Waals surface area contributed by atoms with Crippen molar-refractivity contribution in [3.05, 3.63) is 18.2 Å². The van der Waals surface area contributed by atoms with E-state index in [-0.39, 0.29) is 18.4 Å². The van der Waals surface area contributed by atoms with Gasteiger partial charge in [-0.1, -0.05) is 0 Å². The lowest BCUT2D eigenvalue weighted by Gasteiger charge is -2.38. The molecule has 2 unspecified atom stereocenters. The Morgan fingerprint density at radius 2 is 2.14 bits per heavy atom. The number of hydrogen-bond donors (Lipinski definition) is 2. The van der Waals surface area contributed by atoms with Crippen LogP contribution in [0.15, 0.2) is 18.2 Å². The number of nitrogens with two attached hydrogens (primary N) is 1. The number of carboxylic acid groups (broad SMARTS) is 1. The second-order valence-electron chi connectivity index (χ2n) is 5.40. The number of ether oxygens (including phenoxy) is 2. The molecular weight excluding hydrogens is 272 g/mol. The molecule has 1 heterocycles. The molecule has 6 nitrogen and oxygen atoms in total. The molecule has 1 aromatic carbocycles. The highest BCUT2D eigenvalue weighted by Gasteiger charge is 2.28. The van der Waals surface area contributed by atoms with Crippen LogP contribution < -0.4 is 20.1 Å². The highest BCUT2D eigenvalue weighted by molar-refractivity contribution is 5.67. The van der Waals surface area contributed by atoms with Gasteiger partial charge in [0.1, 0.15) is 11.5 Å². The summed E-state index contributed by atoms with van der Waals surface area (Å²) in [6.07, 6.45) is 0.867. The van der Waals surface area contributed by atoms with Crippen LogP contribution in [0.25, 0.3) is 0 Å². The standard InChI is InChI=1S/C15H22N2O4/c1-20-12-3-4-14(21-2)13(7-12)17-8-10(6-15(18)19)5-11(16)9-17/h3-4,7,10-11H,5-6,8-9,16H2,1-2H3,(H,18,19). The number of rotatable bonds is 5. The monoisotopic (exact) mass is 294 g/mol. The summed E-state index contributed by atoms with van der Waals surface area (Å²) in [6.45, 7) is 1.34. The zero-order valence-corrected chi connectivity index (χ0v) is 12.4. The first kappa shape index (κ1) is 15.4. The van der Waals surface area contributed by atoms with Crippen molar-refractivity contribution in [1.82, 2.24) is 0 Å². The van der Waals surface area contributed by atoms with Gasteiger partial charge < -0.3 is 25.2 Å². The average Bonchev–Trinajstić information content (AvgIpc) is 2.45. The molecular formula is C15H22N2O4. The molecule has 1 aromatic rings. The molecule has 2 rings (SSSR count). The summed E-state index contributed by atoms with van der Waals surface area (Å²) < 4.78 is 10.7. The fourth-order valence-electron chi connectivity index (χ4n) is 2.88. The Morgan fingerprint density at radius 3 is 2.76 bits per heavy atom. The van der Waals surface area contributed by atoms with Gasteiger partial charge >= 0.3 is 5.97 Å². The highest BCUT2D eigenvalue weighted by Crippen LogP contribution is 2.35. The van der Waals surface area contributed by atoms with Crippen LogP contribution in [0.2, 0.25) is 0 Å². The summed E-state index contributed by atoms with van der Waals surface area (Å²) in [7, 11) is 3.23. The molecule has 0 radical (unpaired) electrons. The summed E-state index contributed by atoms with van der Waals surface area (Å²) in [5, 5.41) is 8.99. The molecule has 2 atom stereocenters. The summed E-state index contributed by atoms with van der Waals surface area (Å²) in [5.41, 5.74) is 6.98. The number of hydrogen-bond acceptors (Lipinski definition) is 5. The van der Waals surface area contributed by atoms with Gasteiger partial charge in [-0.3, -0.25) is 4.79 Å². The maximum absolute atomic E-state index is 10.9. The fourth-order valence-corrected chi connectivity index (χ4v) is 2.88. The van der Waals surface area contributed by atoms with Gasteiger partial charge in [0.15, 0.2) is 0 Å². The number of carboxylic acids is 1. The zero-order valence-electron chi connectivity index (χ0n) is 12.4. The van der Waals surface area contributed by atoms with E-state index >= 15 is 0 Å². The number of piperidine rings is 1. The van der Waals surface area contributed by atoms with Crippen LogP contribution in [-0.4, -0.2) is 44.4 Å². The van der Waals surface area contributed by atoms with Gasteiger partial charge in [-0.15, -0.1) is 0 Å². The van der Waals surface area contributed by atoms with Gasteiger partial charge in [0.05, 0.1) is 19.9 Å². The largest absolute Gasteiger partial charge is 0.497 e. The molecule has 116 valence electrons. The minimum absolute atomic E-state index is 0.0426. The number of carbonyl (C=O) groups is 1. The van der Waals surface area contributed by atoms with Crippen molar-refractivity contribution >= 4 is 11.7 Å². The molecule has 0 spiro atoms. The van der Waals surface area contributed by atoms with E-state index in [4.69, 9.17) is 20.3 Å². The molecule has 1 saturated heterocycles. The van der Waals surface area contributed by atoms with Gasteiger partial charge in [0.2, 0.25) is 0 Å². The Hall–Kier alpha value is -1.95. The lowest BCUT2D eigenvalue weighted by molar-refractivity contribution is -0.138. The van der Waals surface area contributed by atoms with Crippen LogP contribution in [0.5, 0.6) is 11.5 Å². The van der Waals surface area contributed by atoms with Crippen molar-refractivity contribution in [2.75, 3.05) is 32.2 Å². The predicted octanol–water partition coefficient (Wildman–Crippen LogP) is 1.33. The van der Waals surface area contributed by atoms with Gasteiger partial charge in [0.25, 0.3) is 0 Å². The second-order valence-corrected chi connectivity index (χ2v) is 5.40. The van der Waals surface area contributed by atoms with Crippen LogP contribution in [0.1, 0.15) is 12.8 Å². The topological polar surface area (TPSA) is 85.0 Å². The Balaban J connectivity index is 2.24. The maximum Gasteiger partial charge on any atom is 0.303 e. The van der Waals surface area contributed by atoms with Crippen LogP contribution in [0.4, 0.5) is 5.69 Å². The lowest BCUT2D eigenvalue weighted by Crippen LogP contribution is -2.47. The maximum atomic E-state index is 10.9. The van der Waals surface area contributed by atoms with E-state index < -0.39 is 5.97 Å². The first-order chi connectivity index (χ1) is 10.0. The van der Waals surface area contributed by atoms with Crippen molar-refractivity contribution in [1.29, 1.82) is 0 Å². The molecule has 0 aliphatic carbocycles. The van der Waals surface area contributed by atoms with Crippen LogP contribution in [0, 0.1) is 5.92 Å². The van der Waals surface area contributed by atoms with Crippen molar-refractivity contribution in [2.24, 2.45) is 11.7 Å². The predicted molar refractivity (Wildman–Crippen MR) is 80.1 cm³/mol. The van der Waals surface area contributed by atoms with Crippen molar-refractivity contribution in [3.8, 4) is 11.5 Å². The van der Waals surface area contributed by atoms with E-state index in [1.165, 1.54) is 0 Å². The van der Waals surface area contributed by atoms with E-state index in [2.05, 4.69) is 4.90 Å². The first-order valence-electron chi connectivity index (χ1n) is 6.97. The van der Waals surface area contributed by atoms with Gasteiger partial charge in [-0.2, -0.15) is 0 Å². The third-order valence-corrected chi connectivity index (χ3v) is 3.76. The second kappa shape index (κ2) is 6.67. The molecule has 1 fully saturated rings. The Labute approximate surface area is 124 Å². The van der Waals surface area contributed by atoms with Gasteiger partial charge in [-0.25, -0.2) is 0 Å². The number of methoxy groups -OCH3 is 2. The third-order valence-electron chi connectivity index (χ3n) is 3.76. The van der Waals surface area contributed by atoms with Crippen LogP contribution in [-0.2, 0) is 4.79 Å². The normalized spacial score (nSPS) is 22.0. The molecule has 0 aromatic heterocycles. The van der Waals surface area contributed by atoms with E-state index in [9.17, 15) is 4.79 Å². The number of aliphatic carboxylic acids is 1. The van der Waals surface area contributed by atoms with Crippen molar-refractivity contribution < 1.29 is 19.4 Å². The Bertz CT molecular complexity index is 506. The molecule has 3 N–H and O–H groups in total. The molecule has 0 saturated carbocycles. The number of anilines is 1. The summed E-state index contributed by atoms with van der Waals surface area (Å²) in [4.78, 5) is 13.0. The van der Waals surface area contributed by atoms with E-state index in [1.54, 1.807) is 14.2 Å². The average molecular weight is 294 g/mol. The fraction of sp³-hybridized carbons (Fsp3) is 0.533. The minimum atomic E-state index is -0.786. The highest BCUT2D eigenvalue weighted by atomic mass is 16.5. The molecule has 6 heteroatoms.